The Balaban J connectivity index is 1.85. The van der Waals surface area contributed by atoms with Gasteiger partial charge in [-0.3, -0.25) is 9.69 Å². The summed E-state index contributed by atoms with van der Waals surface area (Å²) in [5.74, 6) is 0.557. The molecule has 1 saturated heterocycles. The number of likely N-dealkylation sites (tertiary alicyclic amines) is 1. The fourth-order valence-corrected chi connectivity index (χ4v) is 5.94. The van der Waals surface area contributed by atoms with Gasteiger partial charge >= 0.3 is 6.09 Å². The van der Waals surface area contributed by atoms with Crippen LogP contribution in [0.2, 0.25) is 0 Å². The van der Waals surface area contributed by atoms with Gasteiger partial charge in [-0.25, -0.2) is 4.79 Å². The van der Waals surface area contributed by atoms with Crippen LogP contribution in [0.3, 0.4) is 0 Å². The number of nitrogens with zero attached hydrogens (tertiary/aromatic N) is 1. The summed E-state index contributed by atoms with van der Waals surface area (Å²) in [6, 6.07) is 9.06. The number of hydrogen-bond acceptors (Lipinski definition) is 5. The molecule has 0 aromatic heterocycles. The average Bonchev–Trinajstić information content (AvgIpc) is 2.81. The highest BCUT2D eigenvalue weighted by Crippen LogP contribution is 2.33. The smallest absolute Gasteiger partial charge is 0.407 e. The number of piperidine rings is 1. The largest absolute Gasteiger partial charge is 0.444 e. The highest BCUT2D eigenvalue weighted by Gasteiger charge is 2.45. The van der Waals surface area contributed by atoms with Crippen LogP contribution in [0.15, 0.2) is 30.3 Å². The number of β-amino-alcohol motifs (C(OH)–C–C–N with tert-alkyl or cyclic N) is 1. The summed E-state index contributed by atoms with van der Waals surface area (Å²) in [7, 11) is 0. The maximum absolute atomic E-state index is 13.6. The molecule has 1 aromatic carbocycles. The molecule has 1 aliphatic heterocycles. The van der Waals surface area contributed by atoms with Crippen molar-refractivity contribution in [3.63, 3.8) is 0 Å². The average molecular weight is 530 g/mol. The van der Waals surface area contributed by atoms with Crippen LogP contribution in [0.1, 0.15) is 98.5 Å². The van der Waals surface area contributed by atoms with E-state index in [1.165, 1.54) is 19.3 Å². The summed E-state index contributed by atoms with van der Waals surface area (Å²) < 4.78 is 5.57. The van der Waals surface area contributed by atoms with Crippen LogP contribution >= 0.6 is 0 Å². The van der Waals surface area contributed by atoms with Crippen LogP contribution in [0.4, 0.5) is 4.79 Å². The third-order valence-corrected chi connectivity index (χ3v) is 7.68. The molecule has 0 bridgehead atoms. The van der Waals surface area contributed by atoms with E-state index >= 15 is 0 Å². The van der Waals surface area contributed by atoms with Crippen molar-refractivity contribution in [1.82, 2.24) is 15.5 Å². The number of benzene rings is 1. The first kappa shape index (κ1) is 30.4. The molecule has 3 unspecified atom stereocenters. The number of hydrogen-bond donors (Lipinski definition) is 3. The SMILES string of the molecule is CC(C)(C)NC(=O)C(CC1CCCCC1)N1CCCC(O)(C(Cc2ccccc2)NC(=O)OC(C)(C)C)C1. The number of amides is 2. The van der Waals surface area contributed by atoms with Crippen LogP contribution in [0, 0.1) is 5.92 Å². The van der Waals surface area contributed by atoms with Gasteiger partial charge in [-0.05, 0) is 85.3 Å². The van der Waals surface area contributed by atoms with E-state index in [0.29, 0.717) is 25.3 Å². The van der Waals surface area contributed by atoms with Crippen molar-refractivity contribution in [2.24, 2.45) is 5.92 Å². The highest BCUT2D eigenvalue weighted by molar-refractivity contribution is 5.82. The maximum Gasteiger partial charge on any atom is 0.407 e. The Morgan fingerprint density at radius 2 is 1.71 bits per heavy atom. The molecule has 0 spiro atoms. The van der Waals surface area contributed by atoms with E-state index in [2.05, 4.69) is 15.5 Å². The van der Waals surface area contributed by atoms with Crippen molar-refractivity contribution in [2.75, 3.05) is 13.1 Å². The van der Waals surface area contributed by atoms with Gasteiger partial charge in [0.1, 0.15) is 5.60 Å². The molecule has 3 N–H and O–H groups in total. The lowest BCUT2D eigenvalue weighted by Gasteiger charge is -2.47. The zero-order valence-electron chi connectivity index (χ0n) is 24.5. The third kappa shape index (κ3) is 9.57. The second-order valence-corrected chi connectivity index (χ2v) is 13.6. The number of aliphatic hydroxyl groups is 1. The van der Waals surface area contributed by atoms with Crippen molar-refractivity contribution in [2.45, 2.75) is 128 Å². The van der Waals surface area contributed by atoms with Gasteiger partial charge in [-0.15, -0.1) is 0 Å². The quantitative estimate of drug-likeness (QED) is 0.430. The summed E-state index contributed by atoms with van der Waals surface area (Å²) in [4.78, 5) is 28.7. The van der Waals surface area contributed by atoms with Crippen molar-refractivity contribution in [3.05, 3.63) is 35.9 Å². The van der Waals surface area contributed by atoms with E-state index in [-0.39, 0.29) is 17.5 Å². The number of carbonyl (C=O) groups excluding carboxylic acids is 2. The van der Waals surface area contributed by atoms with E-state index in [0.717, 1.165) is 37.8 Å². The summed E-state index contributed by atoms with van der Waals surface area (Å²) >= 11 is 0. The molecular formula is C31H51N3O4. The summed E-state index contributed by atoms with van der Waals surface area (Å²) in [5, 5.41) is 18.3. The third-order valence-electron chi connectivity index (χ3n) is 7.68. The number of rotatable bonds is 8. The van der Waals surface area contributed by atoms with Crippen molar-refractivity contribution in [1.29, 1.82) is 0 Å². The predicted octanol–water partition coefficient (Wildman–Crippen LogP) is 5.20. The van der Waals surface area contributed by atoms with Crippen LogP contribution in [-0.4, -0.2) is 63.9 Å². The van der Waals surface area contributed by atoms with Gasteiger partial charge in [0.2, 0.25) is 5.91 Å². The van der Waals surface area contributed by atoms with Gasteiger partial charge in [-0.1, -0.05) is 62.4 Å². The van der Waals surface area contributed by atoms with Gasteiger partial charge in [0.05, 0.1) is 17.7 Å². The minimum atomic E-state index is -1.20. The molecule has 1 aliphatic carbocycles. The van der Waals surface area contributed by atoms with Crippen LogP contribution in [0.25, 0.3) is 0 Å². The van der Waals surface area contributed by atoms with Gasteiger partial charge in [0.25, 0.3) is 0 Å². The first-order valence-electron chi connectivity index (χ1n) is 14.6. The van der Waals surface area contributed by atoms with Crippen LogP contribution in [0.5, 0.6) is 0 Å². The Labute approximate surface area is 230 Å². The minimum Gasteiger partial charge on any atom is -0.444 e. The van der Waals surface area contributed by atoms with Crippen LogP contribution in [-0.2, 0) is 16.0 Å². The zero-order valence-corrected chi connectivity index (χ0v) is 24.5. The van der Waals surface area contributed by atoms with Crippen molar-refractivity contribution in [3.8, 4) is 0 Å². The minimum absolute atomic E-state index is 0.0343. The van der Waals surface area contributed by atoms with E-state index in [4.69, 9.17) is 4.74 Å². The van der Waals surface area contributed by atoms with Gasteiger partial charge in [-0.2, -0.15) is 0 Å². The monoisotopic (exact) mass is 529 g/mol. The van der Waals surface area contributed by atoms with Crippen molar-refractivity contribution >= 4 is 12.0 Å². The van der Waals surface area contributed by atoms with E-state index in [1.54, 1.807) is 0 Å². The highest BCUT2D eigenvalue weighted by atomic mass is 16.6. The Morgan fingerprint density at radius 3 is 2.32 bits per heavy atom. The maximum atomic E-state index is 13.6. The fourth-order valence-electron chi connectivity index (χ4n) is 5.94. The number of ether oxygens (including phenoxy) is 1. The molecule has 214 valence electrons. The standard InChI is InChI=1S/C31H51N3O4/c1-29(2,3)33-27(35)25(20-23-14-9-7-10-15-23)34-19-13-18-31(37,22-34)26(21-24-16-11-8-12-17-24)32-28(36)38-30(4,5)6/h8,11-12,16-17,23,25-26,37H,7,9-10,13-15,18-22H2,1-6H3,(H,32,36)(H,33,35). The van der Waals surface area contributed by atoms with Crippen LogP contribution < -0.4 is 10.6 Å². The van der Waals surface area contributed by atoms with Crippen molar-refractivity contribution < 1.29 is 19.4 Å². The summed E-state index contributed by atoms with van der Waals surface area (Å²) in [5.41, 5.74) is -1.14. The Kier molecular flexibility index (Phi) is 10.3. The summed E-state index contributed by atoms with van der Waals surface area (Å²) in [6.07, 6.45) is 8.09. The lowest BCUT2D eigenvalue weighted by atomic mass is 9.80. The molecule has 1 heterocycles. The molecule has 38 heavy (non-hydrogen) atoms. The molecule has 7 heteroatoms. The number of carbonyl (C=O) groups is 2. The molecular weight excluding hydrogens is 478 g/mol. The molecule has 2 fully saturated rings. The predicted molar refractivity (Wildman–Crippen MR) is 152 cm³/mol. The van der Waals surface area contributed by atoms with Gasteiger partial charge < -0.3 is 20.5 Å². The lowest BCUT2D eigenvalue weighted by molar-refractivity contribution is -0.133. The Bertz CT molecular complexity index is 902. The Hall–Kier alpha value is -2.12. The molecule has 0 radical (unpaired) electrons. The second-order valence-electron chi connectivity index (χ2n) is 13.6. The first-order valence-corrected chi connectivity index (χ1v) is 14.6. The zero-order chi connectivity index (χ0) is 28.0. The molecule has 1 aromatic rings. The molecule has 1 saturated carbocycles. The second kappa shape index (κ2) is 12.8. The topological polar surface area (TPSA) is 90.9 Å². The van der Waals surface area contributed by atoms with Gasteiger partial charge in [0, 0.05) is 12.1 Å². The first-order chi connectivity index (χ1) is 17.7. The molecule has 2 aliphatic rings. The molecule has 3 rings (SSSR count). The Morgan fingerprint density at radius 1 is 1.05 bits per heavy atom. The summed E-state index contributed by atoms with van der Waals surface area (Å²) in [6.45, 7) is 12.6. The lowest BCUT2D eigenvalue weighted by Crippen LogP contribution is -2.65. The fraction of sp³-hybridized carbons (Fsp3) is 0.742. The van der Waals surface area contributed by atoms with E-state index in [1.807, 2.05) is 71.9 Å². The molecule has 7 nitrogen and oxygen atoms in total. The number of alkyl carbamates (subject to hydrolysis) is 1. The van der Waals surface area contributed by atoms with E-state index in [9.17, 15) is 14.7 Å². The van der Waals surface area contributed by atoms with E-state index < -0.39 is 23.3 Å². The molecule has 3 atom stereocenters. The number of nitrogens with one attached hydrogen (secondary N) is 2. The normalized spacial score (nSPS) is 23.3. The molecule has 2 amide bonds. The van der Waals surface area contributed by atoms with Gasteiger partial charge in [0.15, 0.2) is 0 Å².